The maximum Gasteiger partial charge on any atom is 0.156 e. The van der Waals surface area contributed by atoms with Crippen molar-refractivity contribution < 1.29 is 4.79 Å². The second-order valence-electron chi connectivity index (χ2n) is 9.57. The fraction of sp³-hybridized carbons (Fsp3) is 0.773. The average Bonchev–Trinajstić information content (AvgIpc) is 2.92. The molecule has 0 aromatic rings. The summed E-state index contributed by atoms with van der Waals surface area (Å²) in [5.41, 5.74) is 8.04. The third kappa shape index (κ3) is 2.14. The molecular formula is C22H33NO. The van der Waals surface area contributed by atoms with E-state index in [0.717, 1.165) is 37.1 Å². The van der Waals surface area contributed by atoms with Gasteiger partial charge in [-0.2, -0.15) is 0 Å². The first-order valence-electron chi connectivity index (χ1n) is 10.0. The van der Waals surface area contributed by atoms with E-state index in [9.17, 15) is 4.79 Å². The van der Waals surface area contributed by atoms with Crippen molar-refractivity contribution in [3.8, 4) is 0 Å². The summed E-state index contributed by atoms with van der Waals surface area (Å²) in [6.45, 7) is 8.17. The van der Waals surface area contributed by atoms with E-state index >= 15 is 0 Å². The van der Waals surface area contributed by atoms with E-state index in [1.807, 2.05) is 6.08 Å². The van der Waals surface area contributed by atoms with Crippen molar-refractivity contribution in [1.82, 2.24) is 0 Å². The number of ketones is 1. The van der Waals surface area contributed by atoms with Crippen molar-refractivity contribution >= 4 is 5.78 Å². The number of carbonyl (C=O) groups excluding carboxylic acids is 1. The number of rotatable bonds is 2. The highest BCUT2D eigenvalue weighted by Gasteiger charge is 2.58. The Hall–Kier alpha value is -0.890. The lowest BCUT2D eigenvalue weighted by Gasteiger charge is -2.56. The quantitative estimate of drug-likeness (QED) is 0.811. The second kappa shape index (κ2) is 5.56. The van der Waals surface area contributed by atoms with Gasteiger partial charge in [-0.05, 0) is 90.7 Å². The highest BCUT2D eigenvalue weighted by Crippen LogP contribution is 2.66. The van der Waals surface area contributed by atoms with E-state index in [4.69, 9.17) is 5.73 Å². The summed E-state index contributed by atoms with van der Waals surface area (Å²) >= 11 is 0. The van der Waals surface area contributed by atoms with Crippen molar-refractivity contribution in [3.05, 3.63) is 23.8 Å². The Bertz CT molecular complexity index is 605. The lowest BCUT2D eigenvalue weighted by molar-refractivity contribution is -0.116. The van der Waals surface area contributed by atoms with Crippen LogP contribution in [0.4, 0.5) is 0 Å². The van der Waals surface area contributed by atoms with Gasteiger partial charge in [0.05, 0.1) is 0 Å². The van der Waals surface area contributed by atoms with Crippen LogP contribution in [0.3, 0.4) is 0 Å². The number of fused-ring (bicyclic) bond motifs is 5. The zero-order valence-corrected chi connectivity index (χ0v) is 15.6. The van der Waals surface area contributed by atoms with Gasteiger partial charge in [-0.3, -0.25) is 4.79 Å². The summed E-state index contributed by atoms with van der Waals surface area (Å²) in [6, 6.07) is 0. The maximum absolute atomic E-state index is 11.9. The van der Waals surface area contributed by atoms with Gasteiger partial charge in [0, 0.05) is 6.42 Å². The Morgan fingerprint density at radius 2 is 2.00 bits per heavy atom. The molecule has 0 saturated heterocycles. The minimum atomic E-state index is 0.228. The Morgan fingerprint density at radius 3 is 2.75 bits per heavy atom. The van der Waals surface area contributed by atoms with Crippen LogP contribution in [0.1, 0.15) is 59.3 Å². The van der Waals surface area contributed by atoms with Crippen LogP contribution < -0.4 is 5.73 Å². The van der Waals surface area contributed by atoms with Crippen LogP contribution in [0.2, 0.25) is 0 Å². The van der Waals surface area contributed by atoms with Crippen molar-refractivity contribution in [3.63, 3.8) is 0 Å². The highest BCUT2D eigenvalue weighted by atomic mass is 16.1. The van der Waals surface area contributed by atoms with Crippen LogP contribution in [-0.4, -0.2) is 12.3 Å². The molecule has 0 spiro atoms. The lowest BCUT2D eigenvalue weighted by atomic mass is 9.48. The van der Waals surface area contributed by atoms with E-state index in [0.29, 0.717) is 23.0 Å². The minimum absolute atomic E-state index is 0.228. The molecule has 0 heterocycles. The Morgan fingerprint density at radius 1 is 1.21 bits per heavy atom. The summed E-state index contributed by atoms with van der Waals surface area (Å²) in [5.74, 6) is 3.99. The summed E-state index contributed by atoms with van der Waals surface area (Å²) in [6.07, 6.45) is 13.9. The lowest BCUT2D eigenvalue weighted by Crippen LogP contribution is -2.49. The molecule has 0 aromatic heterocycles. The van der Waals surface area contributed by atoms with Gasteiger partial charge in [0.25, 0.3) is 0 Å². The fourth-order valence-corrected chi connectivity index (χ4v) is 7.14. The molecule has 24 heavy (non-hydrogen) atoms. The predicted octanol–water partition coefficient (Wildman–Crippen LogP) is 4.51. The monoisotopic (exact) mass is 327 g/mol. The Kier molecular flexibility index (Phi) is 3.84. The minimum Gasteiger partial charge on any atom is -0.330 e. The van der Waals surface area contributed by atoms with Gasteiger partial charge < -0.3 is 5.73 Å². The molecule has 0 radical (unpaired) electrons. The standard InChI is InChI=1S/C22H33NO/c1-14(13-23)18-6-7-19-17-5-4-15-12-16(24)8-10-21(15,2)20(17)9-11-22(18,19)3/h4-5,12,14,17-20H,6-11,13,23H2,1-3H3/t14-,17?,18-,19?,20?,21?,22-/m1/s1. The third-order valence-corrected chi connectivity index (χ3v) is 8.65. The molecule has 0 aromatic carbocycles. The molecule has 0 aliphatic heterocycles. The molecule has 0 bridgehead atoms. The molecule has 132 valence electrons. The number of carbonyl (C=O) groups is 1. The van der Waals surface area contributed by atoms with Gasteiger partial charge in [0.1, 0.15) is 0 Å². The van der Waals surface area contributed by atoms with E-state index < -0.39 is 0 Å². The number of hydrogen-bond donors (Lipinski definition) is 1. The molecule has 2 fully saturated rings. The van der Waals surface area contributed by atoms with E-state index in [2.05, 4.69) is 32.9 Å². The van der Waals surface area contributed by atoms with Gasteiger partial charge in [0.2, 0.25) is 0 Å². The van der Waals surface area contributed by atoms with Crippen molar-refractivity contribution in [2.75, 3.05) is 6.54 Å². The van der Waals surface area contributed by atoms with Crippen LogP contribution in [0, 0.1) is 40.4 Å². The number of allylic oxidation sites excluding steroid dienone is 4. The SMILES string of the molecule is C[C@H](CN)[C@H]1CCC2C3C=CC4=CC(=O)CCC4(C)C3CC[C@@]21C. The van der Waals surface area contributed by atoms with E-state index in [1.54, 1.807) is 0 Å². The Labute approximate surface area is 147 Å². The first-order valence-corrected chi connectivity index (χ1v) is 10.0. The zero-order chi connectivity index (χ0) is 17.1. The fourth-order valence-electron chi connectivity index (χ4n) is 7.14. The molecule has 2 nitrogen and oxygen atoms in total. The topological polar surface area (TPSA) is 43.1 Å². The van der Waals surface area contributed by atoms with Gasteiger partial charge >= 0.3 is 0 Å². The van der Waals surface area contributed by atoms with Crippen molar-refractivity contribution in [1.29, 1.82) is 0 Å². The summed E-state index contributed by atoms with van der Waals surface area (Å²) < 4.78 is 0. The van der Waals surface area contributed by atoms with Gasteiger partial charge in [0.15, 0.2) is 5.78 Å². The summed E-state index contributed by atoms with van der Waals surface area (Å²) in [7, 11) is 0. The molecule has 4 unspecified atom stereocenters. The van der Waals surface area contributed by atoms with Gasteiger partial charge in [-0.25, -0.2) is 0 Å². The van der Waals surface area contributed by atoms with E-state index in [-0.39, 0.29) is 5.41 Å². The first kappa shape index (κ1) is 16.6. The molecule has 7 atom stereocenters. The molecule has 2 N–H and O–H groups in total. The van der Waals surface area contributed by atoms with Gasteiger partial charge in [-0.15, -0.1) is 0 Å². The van der Waals surface area contributed by atoms with Gasteiger partial charge in [-0.1, -0.05) is 32.9 Å². The summed E-state index contributed by atoms with van der Waals surface area (Å²) in [4.78, 5) is 11.9. The molecular weight excluding hydrogens is 294 g/mol. The van der Waals surface area contributed by atoms with Crippen LogP contribution in [0.25, 0.3) is 0 Å². The van der Waals surface area contributed by atoms with E-state index in [1.165, 1.54) is 31.3 Å². The maximum atomic E-state index is 11.9. The largest absolute Gasteiger partial charge is 0.330 e. The normalized spacial score (nSPS) is 48.3. The van der Waals surface area contributed by atoms with Crippen LogP contribution in [0.5, 0.6) is 0 Å². The third-order valence-electron chi connectivity index (χ3n) is 8.65. The van der Waals surface area contributed by atoms with Crippen LogP contribution >= 0.6 is 0 Å². The number of nitrogens with two attached hydrogens (primary N) is 1. The molecule has 4 rings (SSSR count). The summed E-state index contributed by atoms with van der Waals surface area (Å²) in [5, 5.41) is 0. The zero-order valence-electron chi connectivity index (χ0n) is 15.6. The highest BCUT2D eigenvalue weighted by molar-refractivity contribution is 5.92. The second-order valence-corrected chi connectivity index (χ2v) is 9.57. The number of hydrogen-bond acceptors (Lipinski definition) is 2. The van der Waals surface area contributed by atoms with Crippen molar-refractivity contribution in [2.24, 2.45) is 46.2 Å². The predicted molar refractivity (Wildman–Crippen MR) is 98.3 cm³/mol. The average molecular weight is 328 g/mol. The Balaban J connectivity index is 1.68. The molecule has 0 amide bonds. The molecule has 4 aliphatic rings. The van der Waals surface area contributed by atoms with Crippen LogP contribution in [-0.2, 0) is 4.79 Å². The molecule has 2 saturated carbocycles. The van der Waals surface area contributed by atoms with Crippen molar-refractivity contribution in [2.45, 2.75) is 59.3 Å². The molecule has 2 heteroatoms. The smallest absolute Gasteiger partial charge is 0.156 e. The first-order chi connectivity index (χ1) is 11.4. The van der Waals surface area contributed by atoms with Crippen LogP contribution in [0.15, 0.2) is 23.8 Å². The molecule has 4 aliphatic carbocycles.